The molecule has 1 aliphatic rings. The number of anilines is 1. The van der Waals surface area contributed by atoms with Gasteiger partial charge in [0, 0.05) is 35.4 Å². The second-order valence-corrected chi connectivity index (χ2v) is 9.11. The number of carbonyl (C=O) groups excluding carboxylic acids is 1. The maximum absolute atomic E-state index is 13.1. The van der Waals surface area contributed by atoms with Crippen LogP contribution in [0.5, 0.6) is 0 Å². The number of aliphatic imine (C=N–C) groups is 1. The largest absolute Gasteiger partial charge is 0.459 e. The SMILES string of the molecule is CN=C(C(Br)=CN)c1cc(NC(=O)c2cccc(C(F)(F)F)c2)cc2cc(CN3CCCC3)oc12. The normalized spacial score (nSPS) is 15.7. The van der Waals surface area contributed by atoms with E-state index in [0.717, 1.165) is 49.2 Å². The maximum atomic E-state index is 13.1. The summed E-state index contributed by atoms with van der Waals surface area (Å²) in [5.41, 5.74) is 6.78. The first-order chi connectivity index (χ1) is 16.7. The minimum absolute atomic E-state index is 0.101. The van der Waals surface area contributed by atoms with Crippen molar-refractivity contribution in [2.45, 2.75) is 25.6 Å². The van der Waals surface area contributed by atoms with E-state index in [1.807, 2.05) is 6.07 Å². The highest BCUT2D eigenvalue weighted by molar-refractivity contribution is 9.12. The molecule has 1 aliphatic heterocycles. The topological polar surface area (TPSA) is 83.9 Å². The van der Waals surface area contributed by atoms with Gasteiger partial charge < -0.3 is 15.5 Å². The molecule has 3 N–H and O–H groups in total. The lowest BCUT2D eigenvalue weighted by atomic mass is 10.0. The van der Waals surface area contributed by atoms with E-state index < -0.39 is 17.6 Å². The molecule has 1 aromatic heterocycles. The Labute approximate surface area is 208 Å². The first kappa shape index (κ1) is 25.0. The molecule has 35 heavy (non-hydrogen) atoms. The van der Waals surface area contributed by atoms with Gasteiger partial charge >= 0.3 is 6.18 Å². The molecule has 0 spiro atoms. The van der Waals surface area contributed by atoms with E-state index in [-0.39, 0.29) is 5.56 Å². The number of nitrogens with zero attached hydrogens (tertiary/aromatic N) is 2. The minimum Gasteiger partial charge on any atom is -0.459 e. The standard InChI is InChI=1S/C25H24BrF3N4O2/c1-31-22(21(26)13-30)20-12-18(32-24(34)15-5-4-6-17(9-15)25(27,28)29)10-16-11-19(35-23(16)20)14-33-7-2-3-8-33/h4-6,9-13H,2-3,7-8,14,30H2,1H3,(H,32,34). The second-order valence-electron chi connectivity index (χ2n) is 8.26. The van der Waals surface area contributed by atoms with Gasteiger partial charge in [-0.05, 0) is 78.3 Å². The molecule has 0 unspecified atom stereocenters. The van der Waals surface area contributed by atoms with Crippen molar-refractivity contribution in [2.24, 2.45) is 10.7 Å². The van der Waals surface area contributed by atoms with Gasteiger partial charge in [0.05, 0.1) is 22.3 Å². The van der Waals surface area contributed by atoms with E-state index in [0.29, 0.717) is 33.6 Å². The molecule has 4 rings (SSSR count). The number of hydrogen-bond acceptors (Lipinski definition) is 5. The van der Waals surface area contributed by atoms with E-state index in [1.165, 1.54) is 18.3 Å². The van der Waals surface area contributed by atoms with Crippen LogP contribution >= 0.6 is 15.9 Å². The number of nitrogens with one attached hydrogen (secondary N) is 1. The fraction of sp³-hybridized carbons (Fsp3) is 0.280. The Balaban J connectivity index is 1.73. The fourth-order valence-electron chi connectivity index (χ4n) is 4.17. The molecule has 6 nitrogen and oxygen atoms in total. The van der Waals surface area contributed by atoms with Crippen LogP contribution in [0.25, 0.3) is 11.0 Å². The molecular formula is C25H24BrF3N4O2. The van der Waals surface area contributed by atoms with Crippen molar-refractivity contribution in [1.29, 1.82) is 0 Å². The third-order valence-electron chi connectivity index (χ3n) is 5.81. The monoisotopic (exact) mass is 548 g/mol. The van der Waals surface area contributed by atoms with Crippen molar-refractivity contribution < 1.29 is 22.4 Å². The van der Waals surface area contributed by atoms with Crippen LogP contribution in [-0.4, -0.2) is 36.7 Å². The number of benzene rings is 2. The molecule has 184 valence electrons. The summed E-state index contributed by atoms with van der Waals surface area (Å²) in [4.78, 5) is 19.5. The number of furan rings is 1. The van der Waals surface area contributed by atoms with Gasteiger partial charge in [-0.25, -0.2) is 0 Å². The number of rotatable bonds is 6. The lowest BCUT2D eigenvalue weighted by Gasteiger charge is -2.12. The van der Waals surface area contributed by atoms with Crippen molar-refractivity contribution in [3.63, 3.8) is 0 Å². The highest BCUT2D eigenvalue weighted by atomic mass is 79.9. The fourth-order valence-corrected chi connectivity index (χ4v) is 4.56. The van der Waals surface area contributed by atoms with Crippen molar-refractivity contribution in [1.82, 2.24) is 4.90 Å². The highest BCUT2D eigenvalue weighted by Gasteiger charge is 2.31. The number of fused-ring (bicyclic) bond motifs is 1. The van der Waals surface area contributed by atoms with Gasteiger partial charge in [-0.3, -0.25) is 14.7 Å². The summed E-state index contributed by atoms with van der Waals surface area (Å²) in [5.74, 6) is 0.110. The van der Waals surface area contributed by atoms with E-state index in [9.17, 15) is 18.0 Å². The third-order valence-corrected chi connectivity index (χ3v) is 6.45. The van der Waals surface area contributed by atoms with E-state index in [1.54, 1.807) is 19.2 Å². The predicted molar refractivity (Wildman–Crippen MR) is 134 cm³/mol. The predicted octanol–water partition coefficient (Wildman–Crippen LogP) is 5.91. The Kier molecular flexibility index (Phi) is 7.32. The number of likely N-dealkylation sites (tertiary alicyclic amines) is 1. The van der Waals surface area contributed by atoms with Gasteiger partial charge in [0.2, 0.25) is 0 Å². The number of amides is 1. The molecule has 1 fully saturated rings. The molecule has 2 heterocycles. The number of nitrogens with two attached hydrogens (primary N) is 1. The van der Waals surface area contributed by atoms with Gasteiger partial charge in [0.25, 0.3) is 5.91 Å². The van der Waals surface area contributed by atoms with Gasteiger partial charge in [-0.2, -0.15) is 13.2 Å². The smallest absolute Gasteiger partial charge is 0.416 e. The zero-order valence-electron chi connectivity index (χ0n) is 19.0. The zero-order valence-corrected chi connectivity index (χ0v) is 20.5. The molecule has 0 bridgehead atoms. The maximum Gasteiger partial charge on any atom is 0.416 e. The average Bonchev–Trinajstić information content (AvgIpc) is 3.48. The Hall–Kier alpha value is -3.11. The number of hydrogen-bond donors (Lipinski definition) is 2. The molecule has 1 amide bonds. The van der Waals surface area contributed by atoms with Crippen LogP contribution in [0.3, 0.4) is 0 Å². The molecule has 2 aromatic carbocycles. The van der Waals surface area contributed by atoms with Crippen molar-refractivity contribution in [2.75, 3.05) is 25.5 Å². The first-order valence-electron chi connectivity index (χ1n) is 11.0. The highest BCUT2D eigenvalue weighted by Crippen LogP contribution is 2.32. The lowest BCUT2D eigenvalue weighted by molar-refractivity contribution is -0.137. The third kappa shape index (κ3) is 5.59. The van der Waals surface area contributed by atoms with Gasteiger partial charge in [0.15, 0.2) is 0 Å². The van der Waals surface area contributed by atoms with Gasteiger partial charge in [-0.1, -0.05) is 6.07 Å². The van der Waals surface area contributed by atoms with Crippen molar-refractivity contribution in [3.05, 3.63) is 75.6 Å². The summed E-state index contributed by atoms with van der Waals surface area (Å²) in [6.45, 7) is 2.67. The summed E-state index contributed by atoms with van der Waals surface area (Å²) in [6.07, 6.45) is -0.884. The number of carbonyl (C=O) groups is 1. The number of allylic oxidation sites excluding steroid dienone is 1. The molecule has 0 radical (unpaired) electrons. The summed E-state index contributed by atoms with van der Waals surface area (Å²) >= 11 is 3.40. The molecule has 10 heteroatoms. The van der Waals surface area contributed by atoms with E-state index in [4.69, 9.17) is 10.2 Å². The van der Waals surface area contributed by atoms with Crippen LogP contribution < -0.4 is 11.1 Å². The number of halogens is 4. The lowest BCUT2D eigenvalue weighted by Crippen LogP contribution is -2.17. The summed E-state index contributed by atoms with van der Waals surface area (Å²) in [7, 11) is 1.61. The van der Waals surface area contributed by atoms with Crippen LogP contribution in [0, 0.1) is 0 Å². The van der Waals surface area contributed by atoms with Crippen molar-refractivity contribution in [3.8, 4) is 0 Å². The average molecular weight is 549 g/mol. The van der Waals surface area contributed by atoms with E-state index >= 15 is 0 Å². The van der Waals surface area contributed by atoms with Gasteiger partial charge in [-0.15, -0.1) is 0 Å². The molecule has 0 saturated carbocycles. The molecular weight excluding hydrogens is 525 g/mol. The van der Waals surface area contributed by atoms with Crippen LogP contribution in [0.15, 0.2) is 62.6 Å². The van der Waals surface area contributed by atoms with Gasteiger partial charge in [0.1, 0.15) is 11.3 Å². The van der Waals surface area contributed by atoms with Crippen LogP contribution in [0.2, 0.25) is 0 Å². The Bertz CT molecular complexity index is 1310. The Morgan fingerprint density at radius 1 is 1.23 bits per heavy atom. The summed E-state index contributed by atoms with van der Waals surface area (Å²) in [6, 6.07) is 9.60. The first-order valence-corrected chi connectivity index (χ1v) is 11.8. The summed E-state index contributed by atoms with van der Waals surface area (Å²) in [5, 5.41) is 3.44. The van der Waals surface area contributed by atoms with Crippen LogP contribution in [0.1, 0.15) is 40.1 Å². The molecule has 1 saturated heterocycles. The van der Waals surface area contributed by atoms with E-state index in [2.05, 4.69) is 31.1 Å². The quantitative estimate of drug-likeness (QED) is 0.375. The molecule has 0 aliphatic carbocycles. The number of alkyl halides is 3. The Morgan fingerprint density at radius 3 is 2.63 bits per heavy atom. The molecule has 3 aromatic rings. The Morgan fingerprint density at radius 2 is 1.97 bits per heavy atom. The second kappa shape index (κ2) is 10.2. The van der Waals surface area contributed by atoms with Crippen LogP contribution in [0.4, 0.5) is 18.9 Å². The molecule has 0 atom stereocenters. The van der Waals surface area contributed by atoms with Crippen molar-refractivity contribution >= 4 is 44.2 Å². The minimum atomic E-state index is -4.54. The van der Waals surface area contributed by atoms with Crippen LogP contribution in [-0.2, 0) is 12.7 Å². The zero-order chi connectivity index (χ0) is 25.2. The summed E-state index contributed by atoms with van der Waals surface area (Å²) < 4.78 is 46.0.